The monoisotopic (exact) mass is 286 g/mol. The van der Waals surface area contributed by atoms with Crippen molar-refractivity contribution >= 4 is 11.8 Å². The maximum absolute atomic E-state index is 12.0. The van der Waals surface area contributed by atoms with Gasteiger partial charge >= 0.3 is 6.03 Å². The highest BCUT2D eigenvalue weighted by Crippen LogP contribution is 2.21. The molecular formula is C15H18N4O2. The van der Waals surface area contributed by atoms with Crippen LogP contribution in [0.3, 0.4) is 0 Å². The number of aromatic nitrogens is 2. The van der Waals surface area contributed by atoms with Gasteiger partial charge in [0.15, 0.2) is 11.6 Å². The molecular weight excluding hydrogens is 268 g/mol. The van der Waals surface area contributed by atoms with Gasteiger partial charge in [0.1, 0.15) is 0 Å². The number of carbonyl (C=O) groups is 1. The molecule has 0 bridgehead atoms. The van der Waals surface area contributed by atoms with E-state index in [1.54, 1.807) is 12.3 Å². The molecule has 0 aliphatic carbocycles. The van der Waals surface area contributed by atoms with E-state index in [9.17, 15) is 4.79 Å². The van der Waals surface area contributed by atoms with Crippen LogP contribution in [0.15, 0.2) is 36.5 Å². The van der Waals surface area contributed by atoms with Crippen LogP contribution in [0.4, 0.5) is 10.6 Å². The fourth-order valence-corrected chi connectivity index (χ4v) is 1.84. The Morgan fingerprint density at radius 2 is 2.10 bits per heavy atom. The Morgan fingerprint density at radius 3 is 2.76 bits per heavy atom. The van der Waals surface area contributed by atoms with E-state index in [4.69, 9.17) is 4.74 Å². The predicted octanol–water partition coefficient (Wildman–Crippen LogP) is 2.68. The van der Waals surface area contributed by atoms with Crippen molar-refractivity contribution in [2.45, 2.75) is 19.9 Å². The van der Waals surface area contributed by atoms with E-state index in [0.29, 0.717) is 11.6 Å². The average molecular weight is 286 g/mol. The standard InChI is InChI=1S/C15H18N4O2/c1-10-7-8-13(21-3)14(17-10)19-15(20)18-11(2)12-6-4-5-9-16-12/h4-9,11H,1-3H3,(H2,17,18,19,20). The van der Waals surface area contributed by atoms with Gasteiger partial charge in [-0.25, -0.2) is 9.78 Å². The number of pyridine rings is 2. The molecule has 0 aromatic carbocycles. The van der Waals surface area contributed by atoms with Crippen LogP contribution in [-0.4, -0.2) is 23.1 Å². The zero-order chi connectivity index (χ0) is 15.2. The quantitative estimate of drug-likeness (QED) is 0.906. The third kappa shape index (κ3) is 3.92. The zero-order valence-electron chi connectivity index (χ0n) is 12.3. The third-order valence-corrected chi connectivity index (χ3v) is 2.93. The van der Waals surface area contributed by atoms with E-state index >= 15 is 0 Å². The lowest BCUT2D eigenvalue weighted by Crippen LogP contribution is -2.32. The van der Waals surface area contributed by atoms with Crippen molar-refractivity contribution in [1.29, 1.82) is 0 Å². The minimum Gasteiger partial charge on any atom is -0.493 e. The largest absolute Gasteiger partial charge is 0.493 e. The normalized spacial score (nSPS) is 11.6. The summed E-state index contributed by atoms with van der Waals surface area (Å²) in [5, 5.41) is 5.50. The Morgan fingerprint density at radius 1 is 1.29 bits per heavy atom. The van der Waals surface area contributed by atoms with Crippen LogP contribution in [-0.2, 0) is 0 Å². The lowest BCUT2D eigenvalue weighted by atomic mass is 10.2. The number of carbonyl (C=O) groups excluding carboxylic acids is 1. The van der Waals surface area contributed by atoms with Gasteiger partial charge in [-0.05, 0) is 38.1 Å². The second-order valence-corrected chi connectivity index (χ2v) is 4.58. The summed E-state index contributed by atoms with van der Waals surface area (Å²) in [6.07, 6.45) is 1.69. The zero-order valence-corrected chi connectivity index (χ0v) is 12.3. The van der Waals surface area contributed by atoms with Crippen LogP contribution in [0.2, 0.25) is 0 Å². The summed E-state index contributed by atoms with van der Waals surface area (Å²) in [5.41, 5.74) is 1.58. The lowest BCUT2D eigenvalue weighted by Gasteiger charge is -2.15. The lowest BCUT2D eigenvalue weighted by molar-refractivity contribution is 0.249. The molecule has 1 unspecified atom stereocenters. The van der Waals surface area contributed by atoms with Gasteiger partial charge in [-0.2, -0.15) is 0 Å². The molecule has 2 aromatic heterocycles. The summed E-state index contributed by atoms with van der Waals surface area (Å²) in [5.74, 6) is 0.907. The SMILES string of the molecule is COc1ccc(C)nc1NC(=O)NC(C)c1ccccn1. The van der Waals surface area contributed by atoms with Crippen LogP contribution in [0.5, 0.6) is 5.75 Å². The van der Waals surface area contributed by atoms with E-state index in [2.05, 4.69) is 20.6 Å². The molecule has 2 rings (SSSR count). The van der Waals surface area contributed by atoms with E-state index in [0.717, 1.165) is 11.4 Å². The van der Waals surface area contributed by atoms with Crippen molar-refractivity contribution in [1.82, 2.24) is 15.3 Å². The average Bonchev–Trinajstić information content (AvgIpc) is 2.48. The highest BCUT2D eigenvalue weighted by molar-refractivity contribution is 5.89. The van der Waals surface area contributed by atoms with Gasteiger partial charge in [-0.1, -0.05) is 6.07 Å². The molecule has 0 fully saturated rings. The van der Waals surface area contributed by atoms with E-state index in [-0.39, 0.29) is 12.1 Å². The molecule has 1 atom stereocenters. The first kappa shape index (κ1) is 14.8. The van der Waals surface area contributed by atoms with Crippen LogP contribution < -0.4 is 15.4 Å². The minimum atomic E-state index is -0.357. The van der Waals surface area contributed by atoms with Crippen molar-refractivity contribution in [3.05, 3.63) is 47.9 Å². The molecule has 2 heterocycles. The van der Waals surface area contributed by atoms with Crippen LogP contribution in [0, 0.1) is 6.92 Å². The summed E-state index contributed by atoms with van der Waals surface area (Å²) in [6, 6.07) is 8.59. The fourth-order valence-electron chi connectivity index (χ4n) is 1.84. The van der Waals surface area contributed by atoms with Gasteiger partial charge in [0.05, 0.1) is 18.8 Å². The molecule has 0 aliphatic heterocycles. The number of anilines is 1. The van der Waals surface area contributed by atoms with Crippen molar-refractivity contribution < 1.29 is 9.53 Å². The highest BCUT2D eigenvalue weighted by atomic mass is 16.5. The van der Waals surface area contributed by atoms with Gasteiger partial charge < -0.3 is 10.1 Å². The number of hydrogen-bond donors (Lipinski definition) is 2. The minimum absolute atomic E-state index is 0.206. The molecule has 0 saturated heterocycles. The Hall–Kier alpha value is -2.63. The molecule has 2 amide bonds. The summed E-state index contributed by atoms with van der Waals surface area (Å²) in [7, 11) is 1.53. The van der Waals surface area contributed by atoms with Crippen LogP contribution >= 0.6 is 0 Å². The molecule has 2 aromatic rings. The molecule has 6 nitrogen and oxygen atoms in total. The Bertz CT molecular complexity index is 616. The Balaban J connectivity index is 2.04. The molecule has 6 heteroatoms. The number of urea groups is 1. The third-order valence-electron chi connectivity index (χ3n) is 2.93. The Labute approximate surface area is 123 Å². The number of methoxy groups -OCH3 is 1. The fraction of sp³-hybridized carbons (Fsp3) is 0.267. The molecule has 2 N–H and O–H groups in total. The predicted molar refractivity (Wildman–Crippen MR) is 80.3 cm³/mol. The first-order valence-corrected chi connectivity index (χ1v) is 6.60. The summed E-state index contributed by atoms with van der Waals surface area (Å²) in [6.45, 7) is 3.71. The van der Waals surface area contributed by atoms with Gasteiger partial charge in [0, 0.05) is 11.9 Å². The number of amides is 2. The van der Waals surface area contributed by atoms with Crippen LogP contribution in [0.25, 0.3) is 0 Å². The number of hydrogen-bond acceptors (Lipinski definition) is 4. The Kier molecular flexibility index (Phi) is 4.71. The number of nitrogens with one attached hydrogen (secondary N) is 2. The van der Waals surface area contributed by atoms with Crippen molar-refractivity contribution in [3.8, 4) is 5.75 Å². The van der Waals surface area contributed by atoms with E-state index in [1.165, 1.54) is 7.11 Å². The first-order valence-electron chi connectivity index (χ1n) is 6.60. The second-order valence-electron chi connectivity index (χ2n) is 4.58. The molecule has 21 heavy (non-hydrogen) atoms. The maximum Gasteiger partial charge on any atom is 0.321 e. The maximum atomic E-state index is 12.0. The van der Waals surface area contributed by atoms with Gasteiger partial charge in [0.2, 0.25) is 0 Å². The molecule has 0 spiro atoms. The van der Waals surface area contributed by atoms with Gasteiger partial charge in [-0.3, -0.25) is 10.3 Å². The summed E-state index contributed by atoms with van der Waals surface area (Å²) in [4.78, 5) is 20.5. The molecule has 0 saturated carbocycles. The van der Waals surface area contributed by atoms with Crippen molar-refractivity contribution in [2.24, 2.45) is 0 Å². The molecule has 110 valence electrons. The highest BCUT2D eigenvalue weighted by Gasteiger charge is 2.13. The van der Waals surface area contributed by atoms with Crippen molar-refractivity contribution in [3.63, 3.8) is 0 Å². The number of aryl methyl sites for hydroxylation is 1. The number of ether oxygens (including phenoxy) is 1. The smallest absolute Gasteiger partial charge is 0.321 e. The van der Waals surface area contributed by atoms with E-state index in [1.807, 2.05) is 38.1 Å². The van der Waals surface area contributed by atoms with Gasteiger partial charge in [-0.15, -0.1) is 0 Å². The van der Waals surface area contributed by atoms with E-state index < -0.39 is 0 Å². The summed E-state index contributed by atoms with van der Waals surface area (Å²) >= 11 is 0. The van der Waals surface area contributed by atoms with Crippen molar-refractivity contribution in [2.75, 3.05) is 12.4 Å². The number of rotatable bonds is 4. The summed E-state index contributed by atoms with van der Waals surface area (Å²) < 4.78 is 5.17. The number of nitrogens with zero attached hydrogens (tertiary/aromatic N) is 2. The first-order chi connectivity index (χ1) is 10.1. The molecule has 0 radical (unpaired) electrons. The van der Waals surface area contributed by atoms with Gasteiger partial charge in [0.25, 0.3) is 0 Å². The molecule has 0 aliphatic rings. The van der Waals surface area contributed by atoms with Crippen LogP contribution in [0.1, 0.15) is 24.4 Å². The second kappa shape index (κ2) is 6.69. The topological polar surface area (TPSA) is 76.1 Å².